The summed E-state index contributed by atoms with van der Waals surface area (Å²) >= 11 is 2.17. The van der Waals surface area contributed by atoms with Crippen LogP contribution < -0.4 is 0 Å². The largest absolute Gasteiger partial charge is 0.506 e. The molecule has 2 rings (SSSR count). The van der Waals surface area contributed by atoms with E-state index in [9.17, 15) is 5.11 Å². The normalized spacial score (nSPS) is 10.4. The second-order valence-corrected chi connectivity index (χ2v) is 3.75. The second-order valence-electron chi connectivity index (χ2n) is 2.50. The minimum Gasteiger partial charge on any atom is -0.506 e. The highest BCUT2D eigenvalue weighted by Gasteiger charge is 2.00. The molecule has 1 N–H and O–H groups in total. The number of hydrogen-bond donors (Lipinski definition) is 1. The molecule has 0 spiro atoms. The molecule has 3 heteroatoms. The monoisotopic (exact) mass is 271 g/mol. The maximum absolute atomic E-state index is 9.48. The fraction of sp³-hybridized carbons (Fsp3) is 0. The van der Waals surface area contributed by atoms with Gasteiger partial charge >= 0.3 is 0 Å². The van der Waals surface area contributed by atoms with Crippen LogP contribution >= 0.6 is 22.6 Å². The van der Waals surface area contributed by atoms with Crippen molar-refractivity contribution in [2.75, 3.05) is 0 Å². The highest BCUT2D eigenvalue weighted by molar-refractivity contribution is 14.1. The number of benzene rings is 1. The first-order valence-corrected chi connectivity index (χ1v) is 4.58. The van der Waals surface area contributed by atoms with Crippen LogP contribution in [-0.2, 0) is 0 Å². The van der Waals surface area contributed by atoms with Crippen molar-refractivity contribution in [1.29, 1.82) is 0 Å². The van der Waals surface area contributed by atoms with Gasteiger partial charge in [-0.05, 0) is 40.8 Å². The summed E-state index contributed by atoms with van der Waals surface area (Å²) in [6, 6.07) is 7.49. The van der Waals surface area contributed by atoms with Gasteiger partial charge in [0, 0.05) is 15.2 Å². The first-order valence-electron chi connectivity index (χ1n) is 3.50. The fourth-order valence-electron chi connectivity index (χ4n) is 1.14. The van der Waals surface area contributed by atoms with Gasteiger partial charge in [0.05, 0.1) is 0 Å². The van der Waals surface area contributed by atoms with E-state index >= 15 is 0 Å². The summed E-state index contributed by atoms with van der Waals surface area (Å²) in [5, 5.41) is 10.5. The number of aromatic nitrogens is 1. The molecule has 0 saturated heterocycles. The van der Waals surface area contributed by atoms with Gasteiger partial charge in [0.2, 0.25) is 0 Å². The van der Waals surface area contributed by atoms with Gasteiger partial charge < -0.3 is 5.11 Å². The lowest BCUT2D eigenvalue weighted by Gasteiger charge is -1.99. The van der Waals surface area contributed by atoms with Crippen molar-refractivity contribution in [2.45, 2.75) is 0 Å². The van der Waals surface area contributed by atoms with Crippen molar-refractivity contribution in [3.05, 3.63) is 34.0 Å². The van der Waals surface area contributed by atoms with E-state index < -0.39 is 0 Å². The molecule has 1 aromatic heterocycles. The summed E-state index contributed by atoms with van der Waals surface area (Å²) in [5.74, 6) is 0.248. The molecule has 0 aliphatic heterocycles. The number of halogens is 1. The Kier molecular flexibility index (Phi) is 1.88. The molecule has 1 aromatic carbocycles. The van der Waals surface area contributed by atoms with E-state index in [1.54, 1.807) is 12.3 Å². The number of nitrogens with zero attached hydrogens (tertiary/aromatic N) is 1. The first kappa shape index (κ1) is 7.79. The average Bonchev–Trinajstić information content (AvgIpc) is 2.04. The number of aromatic hydroxyl groups is 1. The molecule has 0 saturated carbocycles. The van der Waals surface area contributed by atoms with Crippen LogP contribution in [0.5, 0.6) is 5.75 Å². The molecule has 60 valence electrons. The van der Waals surface area contributed by atoms with Gasteiger partial charge in [-0.15, -0.1) is 0 Å². The van der Waals surface area contributed by atoms with E-state index in [2.05, 4.69) is 27.6 Å². The highest BCUT2D eigenvalue weighted by Crippen LogP contribution is 2.24. The minimum atomic E-state index is 0.248. The quantitative estimate of drug-likeness (QED) is 0.747. The van der Waals surface area contributed by atoms with Gasteiger partial charge in [-0.3, -0.25) is 4.98 Å². The standard InChI is InChI=1S/C9H6INO/c10-7-4-6-2-1-3-11-9(6)8(12)5-7/h1-5,12H. The lowest BCUT2D eigenvalue weighted by atomic mass is 10.2. The molecule has 0 amide bonds. The number of hydrogen-bond acceptors (Lipinski definition) is 2. The van der Waals surface area contributed by atoms with Gasteiger partial charge in [-0.2, -0.15) is 0 Å². The molecule has 2 aromatic rings. The lowest BCUT2D eigenvalue weighted by Crippen LogP contribution is -1.79. The van der Waals surface area contributed by atoms with E-state index in [0.717, 1.165) is 8.96 Å². The Hall–Kier alpha value is -0.840. The van der Waals surface area contributed by atoms with Gasteiger partial charge in [-0.25, -0.2) is 0 Å². The Morgan fingerprint density at radius 2 is 2.17 bits per heavy atom. The molecule has 12 heavy (non-hydrogen) atoms. The molecule has 1 heterocycles. The zero-order valence-corrected chi connectivity index (χ0v) is 8.32. The Labute approximate surface area is 83.4 Å². The van der Waals surface area contributed by atoms with Crippen LogP contribution in [-0.4, -0.2) is 10.1 Å². The van der Waals surface area contributed by atoms with Crippen molar-refractivity contribution in [1.82, 2.24) is 4.98 Å². The van der Waals surface area contributed by atoms with Crippen LogP contribution in [0.15, 0.2) is 30.5 Å². The van der Waals surface area contributed by atoms with Crippen LogP contribution in [0.3, 0.4) is 0 Å². The van der Waals surface area contributed by atoms with Crippen molar-refractivity contribution in [3.8, 4) is 5.75 Å². The van der Waals surface area contributed by atoms with Gasteiger partial charge in [0.1, 0.15) is 11.3 Å². The lowest BCUT2D eigenvalue weighted by molar-refractivity contribution is 0.480. The smallest absolute Gasteiger partial charge is 0.142 e. The topological polar surface area (TPSA) is 33.1 Å². The Morgan fingerprint density at radius 1 is 1.33 bits per heavy atom. The molecule has 0 bridgehead atoms. The average molecular weight is 271 g/mol. The van der Waals surface area contributed by atoms with Crippen LogP contribution in [0.4, 0.5) is 0 Å². The highest BCUT2D eigenvalue weighted by atomic mass is 127. The molecule has 0 atom stereocenters. The van der Waals surface area contributed by atoms with Crippen molar-refractivity contribution in [2.24, 2.45) is 0 Å². The van der Waals surface area contributed by atoms with Gasteiger partial charge in [0.15, 0.2) is 0 Å². The third-order valence-electron chi connectivity index (χ3n) is 1.65. The zero-order chi connectivity index (χ0) is 8.55. The van der Waals surface area contributed by atoms with Crippen molar-refractivity contribution >= 4 is 33.5 Å². The van der Waals surface area contributed by atoms with Crippen molar-refractivity contribution < 1.29 is 5.11 Å². The molecule has 0 unspecified atom stereocenters. The fourth-order valence-corrected chi connectivity index (χ4v) is 1.77. The molecule has 0 aliphatic carbocycles. The summed E-state index contributed by atoms with van der Waals surface area (Å²) < 4.78 is 1.02. The van der Waals surface area contributed by atoms with Crippen LogP contribution in [0.25, 0.3) is 10.9 Å². The predicted molar refractivity (Wildman–Crippen MR) is 56.1 cm³/mol. The number of phenols is 1. The van der Waals surface area contributed by atoms with Crippen LogP contribution in [0.1, 0.15) is 0 Å². The number of pyridine rings is 1. The molecular formula is C9H6INO. The molecule has 0 fully saturated rings. The maximum Gasteiger partial charge on any atom is 0.142 e. The summed E-state index contributed by atoms with van der Waals surface area (Å²) in [7, 11) is 0. The second kappa shape index (κ2) is 2.90. The third-order valence-corrected chi connectivity index (χ3v) is 2.27. The van der Waals surface area contributed by atoms with Gasteiger partial charge in [0.25, 0.3) is 0 Å². The number of rotatable bonds is 0. The number of phenolic OH excluding ortho intramolecular Hbond substituents is 1. The molecule has 0 radical (unpaired) electrons. The minimum absolute atomic E-state index is 0.248. The third kappa shape index (κ3) is 1.24. The summed E-state index contributed by atoms with van der Waals surface area (Å²) in [6.45, 7) is 0. The van der Waals surface area contributed by atoms with Crippen molar-refractivity contribution in [3.63, 3.8) is 0 Å². The summed E-state index contributed by atoms with van der Waals surface area (Å²) in [4.78, 5) is 4.07. The van der Waals surface area contributed by atoms with E-state index in [1.807, 2.05) is 18.2 Å². The Balaban J connectivity index is 2.89. The summed E-state index contributed by atoms with van der Waals surface area (Å²) in [5.41, 5.74) is 0.665. The number of fused-ring (bicyclic) bond motifs is 1. The van der Waals surface area contributed by atoms with Gasteiger partial charge in [-0.1, -0.05) is 6.07 Å². The summed E-state index contributed by atoms with van der Waals surface area (Å²) in [6.07, 6.45) is 1.68. The molecule has 0 aliphatic rings. The van der Waals surface area contributed by atoms with E-state index in [1.165, 1.54) is 0 Å². The van der Waals surface area contributed by atoms with Crippen LogP contribution in [0.2, 0.25) is 0 Å². The van der Waals surface area contributed by atoms with Crippen LogP contribution in [0, 0.1) is 3.57 Å². The zero-order valence-electron chi connectivity index (χ0n) is 6.16. The van der Waals surface area contributed by atoms with E-state index in [-0.39, 0.29) is 5.75 Å². The predicted octanol–water partition coefficient (Wildman–Crippen LogP) is 2.55. The first-order chi connectivity index (χ1) is 5.77. The molecular weight excluding hydrogens is 265 g/mol. The van der Waals surface area contributed by atoms with E-state index in [4.69, 9.17) is 0 Å². The van der Waals surface area contributed by atoms with E-state index in [0.29, 0.717) is 5.52 Å². The SMILES string of the molecule is Oc1cc(I)cc2cccnc12. The molecule has 2 nitrogen and oxygen atoms in total. The Morgan fingerprint density at radius 3 is 3.00 bits per heavy atom. The maximum atomic E-state index is 9.48. The Bertz CT molecular complexity index is 428.